The van der Waals surface area contributed by atoms with Gasteiger partial charge in [-0.05, 0) is 37.5 Å². The van der Waals surface area contributed by atoms with E-state index in [1.54, 1.807) is 0 Å². The van der Waals surface area contributed by atoms with Gasteiger partial charge in [0.2, 0.25) is 0 Å². The Hall–Kier alpha value is -1.81. The monoisotopic (exact) mass is 284 g/mol. The van der Waals surface area contributed by atoms with Gasteiger partial charge < -0.3 is 10.2 Å². The van der Waals surface area contributed by atoms with Gasteiger partial charge in [-0.1, -0.05) is 18.2 Å². The van der Waals surface area contributed by atoms with E-state index in [0.717, 1.165) is 26.2 Å². The molecular weight excluding hydrogens is 260 g/mol. The minimum atomic E-state index is 0.640. The third-order valence-corrected chi connectivity index (χ3v) is 4.15. The largest absolute Gasteiger partial charge is 0.371 e. The number of aryl methyl sites for hydroxylation is 1. The Morgan fingerprint density at radius 2 is 1.95 bits per heavy atom. The van der Waals surface area contributed by atoms with E-state index in [9.17, 15) is 0 Å². The van der Waals surface area contributed by atoms with Crippen LogP contribution in [0.15, 0.2) is 42.7 Å². The zero-order valence-electron chi connectivity index (χ0n) is 12.7. The number of hydrogen-bond acceptors (Lipinski definition) is 3. The molecule has 2 heterocycles. The van der Waals surface area contributed by atoms with E-state index < -0.39 is 0 Å². The number of nitrogens with zero attached hydrogens (tertiary/aromatic N) is 3. The van der Waals surface area contributed by atoms with Crippen LogP contribution in [0, 0.1) is 6.92 Å². The minimum absolute atomic E-state index is 0.640. The smallest absolute Gasteiger partial charge is 0.0534 e. The molecule has 4 heteroatoms. The van der Waals surface area contributed by atoms with Gasteiger partial charge in [0.25, 0.3) is 0 Å². The van der Waals surface area contributed by atoms with Crippen molar-refractivity contribution >= 4 is 5.69 Å². The number of aromatic nitrogens is 2. The number of nitrogens with one attached hydrogen (secondary N) is 1. The van der Waals surface area contributed by atoms with Crippen molar-refractivity contribution in [2.75, 3.05) is 24.5 Å². The second kappa shape index (κ2) is 6.76. The van der Waals surface area contributed by atoms with E-state index in [2.05, 4.69) is 58.8 Å². The first-order valence-corrected chi connectivity index (χ1v) is 7.84. The van der Waals surface area contributed by atoms with Crippen LogP contribution in [0.5, 0.6) is 0 Å². The molecular formula is C17H24N4. The molecule has 1 N–H and O–H groups in total. The molecule has 0 amide bonds. The second-order valence-corrected chi connectivity index (χ2v) is 5.83. The van der Waals surface area contributed by atoms with Crippen LogP contribution in [0.25, 0.3) is 0 Å². The summed E-state index contributed by atoms with van der Waals surface area (Å²) in [6.45, 7) is 6.31. The van der Waals surface area contributed by atoms with Gasteiger partial charge in [-0.3, -0.25) is 4.68 Å². The molecule has 1 fully saturated rings. The van der Waals surface area contributed by atoms with Crippen molar-refractivity contribution < 1.29 is 0 Å². The Morgan fingerprint density at radius 3 is 2.62 bits per heavy atom. The Balaban J connectivity index is 1.40. The highest BCUT2D eigenvalue weighted by Gasteiger charge is 2.18. The van der Waals surface area contributed by atoms with Crippen molar-refractivity contribution in [1.82, 2.24) is 15.1 Å². The van der Waals surface area contributed by atoms with Crippen LogP contribution in [-0.2, 0) is 6.54 Å². The molecule has 4 nitrogen and oxygen atoms in total. The summed E-state index contributed by atoms with van der Waals surface area (Å²) >= 11 is 0. The molecule has 0 atom stereocenters. The minimum Gasteiger partial charge on any atom is -0.371 e. The van der Waals surface area contributed by atoms with Crippen LogP contribution in [0.3, 0.4) is 0 Å². The molecule has 112 valence electrons. The SMILES string of the molecule is Cc1cnn(CCNC2CCN(c3ccccc3)CC2)c1. The van der Waals surface area contributed by atoms with Gasteiger partial charge in [0, 0.05) is 37.6 Å². The van der Waals surface area contributed by atoms with Gasteiger partial charge >= 0.3 is 0 Å². The van der Waals surface area contributed by atoms with E-state index in [0.29, 0.717) is 6.04 Å². The Labute approximate surface area is 126 Å². The maximum atomic E-state index is 4.32. The van der Waals surface area contributed by atoms with Gasteiger partial charge in [0.15, 0.2) is 0 Å². The summed E-state index contributed by atoms with van der Waals surface area (Å²) in [6, 6.07) is 11.4. The summed E-state index contributed by atoms with van der Waals surface area (Å²) in [5, 5.41) is 7.98. The lowest BCUT2D eigenvalue weighted by Crippen LogP contribution is -2.43. The van der Waals surface area contributed by atoms with Crippen molar-refractivity contribution in [3.8, 4) is 0 Å². The fourth-order valence-corrected chi connectivity index (χ4v) is 2.95. The lowest BCUT2D eigenvalue weighted by molar-refractivity contribution is 0.401. The third kappa shape index (κ3) is 3.85. The molecule has 0 aliphatic carbocycles. The van der Waals surface area contributed by atoms with E-state index in [-0.39, 0.29) is 0 Å². The van der Waals surface area contributed by atoms with Gasteiger partial charge in [-0.15, -0.1) is 0 Å². The highest BCUT2D eigenvalue weighted by Crippen LogP contribution is 2.19. The maximum absolute atomic E-state index is 4.32. The fourth-order valence-electron chi connectivity index (χ4n) is 2.95. The highest BCUT2D eigenvalue weighted by molar-refractivity contribution is 5.46. The maximum Gasteiger partial charge on any atom is 0.0534 e. The normalized spacial score (nSPS) is 16.3. The molecule has 0 bridgehead atoms. The van der Waals surface area contributed by atoms with Gasteiger partial charge in [0.1, 0.15) is 0 Å². The summed E-state index contributed by atoms with van der Waals surface area (Å²) in [5.41, 5.74) is 2.58. The standard InChI is InChI=1S/C17H24N4/c1-15-13-19-21(14-15)12-9-18-16-7-10-20(11-8-16)17-5-3-2-4-6-17/h2-6,13-14,16,18H,7-12H2,1H3. The molecule has 3 rings (SSSR count). The molecule has 1 aliphatic rings. The molecule has 0 spiro atoms. The predicted octanol–water partition coefficient (Wildman–Crippen LogP) is 2.45. The average Bonchev–Trinajstić information content (AvgIpc) is 2.94. The Bertz CT molecular complexity index is 541. The molecule has 0 unspecified atom stereocenters. The molecule has 1 aromatic carbocycles. The number of anilines is 1. The topological polar surface area (TPSA) is 33.1 Å². The van der Waals surface area contributed by atoms with Crippen molar-refractivity contribution in [3.63, 3.8) is 0 Å². The van der Waals surface area contributed by atoms with Crippen LogP contribution in [0.4, 0.5) is 5.69 Å². The number of piperidine rings is 1. The van der Waals surface area contributed by atoms with Crippen LogP contribution in [0.2, 0.25) is 0 Å². The number of hydrogen-bond donors (Lipinski definition) is 1. The number of benzene rings is 1. The van der Waals surface area contributed by atoms with Gasteiger partial charge in [-0.2, -0.15) is 5.10 Å². The summed E-state index contributed by atoms with van der Waals surface area (Å²) in [7, 11) is 0. The molecule has 1 aromatic heterocycles. The van der Waals surface area contributed by atoms with Crippen LogP contribution in [-0.4, -0.2) is 35.5 Å². The molecule has 1 saturated heterocycles. The van der Waals surface area contributed by atoms with Crippen molar-refractivity contribution in [3.05, 3.63) is 48.3 Å². The Morgan fingerprint density at radius 1 is 1.19 bits per heavy atom. The van der Waals surface area contributed by atoms with Crippen molar-refractivity contribution in [2.24, 2.45) is 0 Å². The summed E-state index contributed by atoms with van der Waals surface area (Å²) in [5.74, 6) is 0. The summed E-state index contributed by atoms with van der Waals surface area (Å²) < 4.78 is 2.02. The fraction of sp³-hybridized carbons (Fsp3) is 0.471. The molecule has 0 radical (unpaired) electrons. The van der Waals surface area contributed by atoms with Crippen LogP contribution in [0.1, 0.15) is 18.4 Å². The predicted molar refractivity (Wildman–Crippen MR) is 86.6 cm³/mol. The second-order valence-electron chi connectivity index (χ2n) is 5.83. The van der Waals surface area contributed by atoms with E-state index >= 15 is 0 Å². The Kier molecular flexibility index (Phi) is 4.55. The molecule has 0 saturated carbocycles. The highest BCUT2D eigenvalue weighted by atomic mass is 15.3. The van der Waals surface area contributed by atoms with Gasteiger partial charge in [0.05, 0.1) is 12.7 Å². The van der Waals surface area contributed by atoms with Crippen LogP contribution < -0.4 is 10.2 Å². The van der Waals surface area contributed by atoms with Crippen molar-refractivity contribution in [2.45, 2.75) is 32.4 Å². The zero-order valence-corrected chi connectivity index (χ0v) is 12.7. The lowest BCUT2D eigenvalue weighted by atomic mass is 10.0. The van der Waals surface area contributed by atoms with Gasteiger partial charge in [-0.25, -0.2) is 0 Å². The summed E-state index contributed by atoms with van der Waals surface area (Å²) in [6.07, 6.45) is 6.44. The number of para-hydroxylation sites is 1. The summed E-state index contributed by atoms with van der Waals surface area (Å²) in [4.78, 5) is 2.48. The van der Waals surface area contributed by atoms with E-state index in [4.69, 9.17) is 0 Å². The molecule has 21 heavy (non-hydrogen) atoms. The lowest BCUT2D eigenvalue weighted by Gasteiger charge is -2.34. The first kappa shape index (κ1) is 14.1. The zero-order chi connectivity index (χ0) is 14.5. The average molecular weight is 284 g/mol. The van der Waals surface area contributed by atoms with E-state index in [1.165, 1.54) is 24.1 Å². The number of rotatable bonds is 5. The molecule has 1 aliphatic heterocycles. The third-order valence-electron chi connectivity index (χ3n) is 4.15. The quantitative estimate of drug-likeness (QED) is 0.915. The first-order valence-electron chi connectivity index (χ1n) is 7.84. The van der Waals surface area contributed by atoms with Crippen molar-refractivity contribution in [1.29, 1.82) is 0 Å². The first-order chi connectivity index (χ1) is 10.3. The van der Waals surface area contributed by atoms with Crippen LogP contribution >= 0.6 is 0 Å². The van der Waals surface area contributed by atoms with E-state index in [1.807, 2.05) is 10.9 Å². The molecule has 2 aromatic rings.